The molecule has 2 aromatic carbocycles. The zero-order chi connectivity index (χ0) is 24.6. The maximum Gasteiger partial charge on any atom is 0.322 e. The van der Waals surface area contributed by atoms with Gasteiger partial charge in [-0.25, -0.2) is 4.79 Å². The summed E-state index contributed by atoms with van der Waals surface area (Å²) >= 11 is 7.97. The molecule has 0 fully saturated rings. The quantitative estimate of drug-likeness (QED) is 0.303. The first-order chi connectivity index (χ1) is 17.6. The third-order valence-electron chi connectivity index (χ3n) is 7.04. The van der Waals surface area contributed by atoms with Crippen LogP contribution in [0.4, 0.5) is 10.5 Å². The van der Waals surface area contributed by atoms with Gasteiger partial charge in [-0.3, -0.25) is 0 Å². The molecule has 2 aromatic heterocycles. The molecule has 0 radical (unpaired) electrons. The highest BCUT2D eigenvalue weighted by Gasteiger charge is 2.36. The lowest BCUT2D eigenvalue weighted by Crippen LogP contribution is -2.38. The number of urea groups is 1. The summed E-state index contributed by atoms with van der Waals surface area (Å²) in [6.45, 7) is 3.15. The normalized spacial score (nSPS) is 16.5. The number of anilines is 1. The molecule has 4 aromatic rings. The summed E-state index contributed by atoms with van der Waals surface area (Å²) in [4.78, 5) is 17.4. The first-order valence-electron chi connectivity index (χ1n) is 12.5. The van der Waals surface area contributed by atoms with Crippen LogP contribution in [-0.2, 0) is 19.4 Å². The van der Waals surface area contributed by atoms with Crippen LogP contribution in [-0.4, -0.2) is 22.1 Å². The van der Waals surface area contributed by atoms with Crippen LogP contribution in [0.2, 0.25) is 5.02 Å². The molecule has 0 saturated carbocycles. The van der Waals surface area contributed by atoms with Crippen LogP contribution in [0.15, 0.2) is 66.9 Å². The van der Waals surface area contributed by atoms with Crippen LogP contribution in [0.5, 0.6) is 5.75 Å². The van der Waals surface area contributed by atoms with Gasteiger partial charge in [0, 0.05) is 27.3 Å². The number of hydrogen-bond acceptors (Lipinski definition) is 3. The van der Waals surface area contributed by atoms with Crippen molar-refractivity contribution < 1.29 is 9.53 Å². The first-order valence-corrected chi connectivity index (χ1v) is 13.7. The third-order valence-corrected chi connectivity index (χ3v) is 8.63. The zero-order valence-corrected chi connectivity index (χ0v) is 21.7. The van der Waals surface area contributed by atoms with E-state index in [1.807, 2.05) is 47.4 Å². The Hall–Kier alpha value is -3.22. The average molecular weight is 518 g/mol. The van der Waals surface area contributed by atoms with Gasteiger partial charge >= 0.3 is 6.03 Å². The number of benzene rings is 2. The number of carbonyl (C=O) groups is 1. The summed E-state index contributed by atoms with van der Waals surface area (Å²) in [6, 6.07) is 19.2. The molecule has 0 spiro atoms. The Kier molecular flexibility index (Phi) is 6.23. The molecule has 5 nitrogen and oxygen atoms in total. The van der Waals surface area contributed by atoms with Crippen LogP contribution in [0.1, 0.15) is 53.1 Å². The predicted octanol–water partition coefficient (Wildman–Crippen LogP) is 7.61. The van der Waals surface area contributed by atoms with Crippen molar-refractivity contribution in [2.45, 2.75) is 45.2 Å². The number of nitrogens with one attached hydrogen (secondary N) is 1. The van der Waals surface area contributed by atoms with Crippen molar-refractivity contribution in [3.63, 3.8) is 0 Å². The molecular formula is C29H28ClN3O2S. The minimum Gasteiger partial charge on any atom is -0.494 e. The lowest BCUT2D eigenvalue weighted by atomic mass is 9.95. The smallest absolute Gasteiger partial charge is 0.322 e. The number of amides is 2. The second kappa shape index (κ2) is 9.68. The number of rotatable bonds is 4. The summed E-state index contributed by atoms with van der Waals surface area (Å²) in [5.41, 5.74) is 5.59. The highest BCUT2D eigenvalue weighted by Crippen LogP contribution is 2.44. The lowest BCUT2D eigenvalue weighted by molar-refractivity contribution is 0.194. The highest BCUT2D eigenvalue weighted by molar-refractivity contribution is 7.15. The molecule has 3 heterocycles. The zero-order valence-electron chi connectivity index (χ0n) is 20.2. The molecule has 2 aliphatic rings. The van der Waals surface area contributed by atoms with E-state index in [9.17, 15) is 4.79 Å². The number of hydrogen-bond donors (Lipinski definition) is 1. The molecule has 1 N–H and O–H groups in total. The molecular weight excluding hydrogens is 490 g/mol. The van der Waals surface area contributed by atoms with Crippen molar-refractivity contribution in [3.8, 4) is 10.8 Å². The van der Waals surface area contributed by atoms with Gasteiger partial charge in [0.05, 0.1) is 24.9 Å². The van der Waals surface area contributed by atoms with E-state index < -0.39 is 0 Å². The fraction of sp³-hybridized carbons (Fsp3) is 0.276. The standard InChI is InChI=1S/C29H28ClN3O2S/c1-2-35-22-15-9-19(10-16-22)27-25-7-5-17-32(25)28-24(23-6-3-4-8-26(23)36-28)18-33(27)29(34)31-21-13-11-20(30)12-14-21/h5,7,9-17,27H,2-4,6,8,18H2,1H3,(H,31,34)/t27-/m0/s1. The van der Waals surface area contributed by atoms with Crippen LogP contribution >= 0.6 is 22.9 Å². The molecule has 0 unspecified atom stereocenters. The molecule has 0 bridgehead atoms. The van der Waals surface area contributed by atoms with Gasteiger partial charge in [0.25, 0.3) is 0 Å². The number of aromatic nitrogens is 1. The fourth-order valence-electron chi connectivity index (χ4n) is 5.38. The van der Waals surface area contributed by atoms with Crippen LogP contribution in [0, 0.1) is 0 Å². The van der Waals surface area contributed by atoms with Gasteiger partial charge < -0.3 is 19.5 Å². The van der Waals surface area contributed by atoms with E-state index in [2.05, 4.69) is 40.3 Å². The Morgan fingerprint density at radius 2 is 1.83 bits per heavy atom. The Morgan fingerprint density at radius 3 is 2.61 bits per heavy atom. The van der Waals surface area contributed by atoms with Gasteiger partial charge in [-0.1, -0.05) is 23.7 Å². The maximum absolute atomic E-state index is 13.9. The second-order valence-corrected chi connectivity index (χ2v) is 10.8. The van der Waals surface area contributed by atoms with Gasteiger partial charge in [-0.05, 0) is 92.3 Å². The van der Waals surface area contributed by atoms with Crippen LogP contribution < -0.4 is 10.1 Å². The maximum atomic E-state index is 13.9. The highest BCUT2D eigenvalue weighted by atomic mass is 35.5. The number of nitrogens with zero attached hydrogens (tertiary/aromatic N) is 2. The van der Waals surface area contributed by atoms with Crippen LogP contribution in [0.3, 0.4) is 0 Å². The SMILES string of the molecule is CCOc1ccc([C@H]2c3cccn3-c3sc4c(c3CN2C(=O)Nc2ccc(Cl)cc2)CCCC4)cc1. The largest absolute Gasteiger partial charge is 0.494 e. The van der Waals surface area contributed by atoms with Crippen molar-refractivity contribution in [1.29, 1.82) is 0 Å². The van der Waals surface area contributed by atoms with Crippen molar-refractivity contribution in [2.24, 2.45) is 0 Å². The summed E-state index contributed by atoms with van der Waals surface area (Å²) in [5, 5.41) is 5.01. The van der Waals surface area contributed by atoms with E-state index in [0.29, 0.717) is 18.2 Å². The van der Waals surface area contributed by atoms with Gasteiger partial charge in [0.15, 0.2) is 0 Å². The van der Waals surface area contributed by atoms with Crippen molar-refractivity contribution in [2.75, 3.05) is 11.9 Å². The van der Waals surface area contributed by atoms with E-state index in [0.717, 1.165) is 35.5 Å². The van der Waals surface area contributed by atoms with E-state index in [1.54, 1.807) is 12.1 Å². The monoisotopic (exact) mass is 517 g/mol. The number of fused-ring (bicyclic) bond motifs is 5. The third kappa shape index (κ3) is 4.18. The minimum absolute atomic E-state index is 0.132. The predicted molar refractivity (Wildman–Crippen MR) is 146 cm³/mol. The Balaban J connectivity index is 1.46. The van der Waals surface area contributed by atoms with E-state index in [-0.39, 0.29) is 12.1 Å². The number of halogens is 1. The number of aryl methyl sites for hydroxylation is 1. The summed E-state index contributed by atoms with van der Waals surface area (Å²) in [6.07, 6.45) is 6.79. The summed E-state index contributed by atoms with van der Waals surface area (Å²) in [7, 11) is 0. The van der Waals surface area contributed by atoms with E-state index in [1.165, 1.54) is 33.8 Å². The summed E-state index contributed by atoms with van der Waals surface area (Å²) in [5.74, 6) is 0.829. The van der Waals surface area contributed by atoms with E-state index >= 15 is 0 Å². The minimum atomic E-state index is -0.248. The summed E-state index contributed by atoms with van der Waals surface area (Å²) < 4.78 is 7.98. The molecule has 0 saturated heterocycles. The Labute approximate surface area is 220 Å². The Morgan fingerprint density at radius 1 is 1.06 bits per heavy atom. The van der Waals surface area contributed by atoms with Crippen molar-refractivity contribution in [3.05, 3.63) is 99.1 Å². The lowest BCUT2D eigenvalue weighted by Gasteiger charge is -2.31. The fourth-order valence-corrected chi connectivity index (χ4v) is 6.91. The molecule has 2 amide bonds. The molecule has 1 aliphatic heterocycles. The van der Waals surface area contributed by atoms with E-state index in [4.69, 9.17) is 16.3 Å². The van der Waals surface area contributed by atoms with Gasteiger partial charge in [-0.15, -0.1) is 11.3 Å². The van der Waals surface area contributed by atoms with Crippen molar-refractivity contribution in [1.82, 2.24) is 9.47 Å². The molecule has 1 atom stereocenters. The number of ether oxygens (including phenoxy) is 1. The number of thiophene rings is 1. The van der Waals surface area contributed by atoms with Gasteiger partial charge in [-0.2, -0.15) is 0 Å². The van der Waals surface area contributed by atoms with Gasteiger partial charge in [0.1, 0.15) is 10.8 Å². The molecule has 6 rings (SSSR count). The Bertz CT molecular complexity index is 1390. The topological polar surface area (TPSA) is 46.5 Å². The first kappa shape index (κ1) is 23.2. The number of carbonyl (C=O) groups excluding carboxylic acids is 1. The second-order valence-electron chi connectivity index (χ2n) is 9.27. The molecule has 184 valence electrons. The average Bonchev–Trinajstić information content (AvgIpc) is 3.48. The van der Waals surface area contributed by atoms with Gasteiger partial charge in [0.2, 0.25) is 0 Å². The molecule has 1 aliphatic carbocycles. The molecule has 7 heteroatoms. The molecule has 36 heavy (non-hydrogen) atoms. The van der Waals surface area contributed by atoms with Crippen LogP contribution in [0.25, 0.3) is 5.00 Å². The van der Waals surface area contributed by atoms with Crippen molar-refractivity contribution >= 4 is 34.7 Å².